The highest BCUT2D eigenvalue weighted by molar-refractivity contribution is 7.89. The molecule has 2 N–H and O–H groups in total. The van der Waals surface area contributed by atoms with E-state index in [0.29, 0.717) is 40.5 Å². The molecule has 0 atom stereocenters. The molecule has 0 fully saturated rings. The fourth-order valence-corrected chi connectivity index (χ4v) is 4.92. The Hall–Kier alpha value is -2.88. The second-order valence-electron chi connectivity index (χ2n) is 6.64. The number of rotatable bonds is 7. The molecule has 1 aromatic heterocycles. The average Bonchev–Trinajstić information content (AvgIpc) is 2.73. The van der Waals surface area contributed by atoms with E-state index in [-0.39, 0.29) is 10.5 Å². The third-order valence-corrected chi connectivity index (χ3v) is 7.09. The lowest BCUT2D eigenvalue weighted by atomic mass is 10.1. The first-order valence-corrected chi connectivity index (χ1v) is 11.3. The molecule has 1 amide bonds. The molecule has 31 heavy (non-hydrogen) atoms. The average molecular weight is 464 g/mol. The normalized spacial score (nSPS) is 11.6. The van der Waals surface area contributed by atoms with E-state index in [9.17, 15) is 18.0 Å². The second-order valence-corrected chi connectivity index (χ2v) is 9.02. The van der Waals surface area contributed by atoms with Crippen LogP contribution in [-0.4, -0.2) is 43.8 Å². The Kier molecular flexibility index (Phi) is 6.68. The number of sulfonamides is 1. The van der Waals surface area contributed by atoms with E-state index in [1.54, 1.807) is 26.0 Å². The number of benzene rings is 2. The number of pyridine rings is 1. The summed E-state index contributed by atoms with van der Waals surface area (Å²) in [7, 11) is -2.30. The third-order valence-electron chi connectivity index (χ3n) is 4.81. The van der Waals surface area contributed by atoms with Gasteiger partial charge in [0.25, 0.3) is 5.91 Å². The van der Waals surface area contributed by atoms with Gasteiger partial charge in [-0.3, -0.25) is 9.59 Å². The zero-order chi connectivity index (χ0) is 22.8. The number of aromatic amines is 1. The number of halogens is 1. The first-order chi connectivity index (χ1) is 14.7. The van der Waals surface area contributed by atoms with Gasteiger partial charge in [-0.2, -0.15) is 4.31 Å². The van der Waals surface area contributed by atoms with Crippen LogP contribution in [0.3, 0.4) is 0 Å². The lowest BCUT2D eigenvalue weighted by Gasteiger charge is -2.19. The SMILES string of the molecule is CCN(CC)S(=O)(=O)c1ccc2[nH]c(=O)cc(C(=O)Nc3cc(Cl)ccc3OC)c2c1. The van der Waals surface area contributed by atoms with Gasteiger partial charge in [0.1, 0.15) is 5.75 Å². The molecule has 0 saturated carbocycles. The molecule has 0 bridgehead atoms. The highest BCUT2D eigenvalue weighted by Gasteiger charge is 2.23. The standard InChI is InChI=1S/C21H22ClN3O5S/c1-4-25(5-2)31(28,29)14-7-8-17-15(11-14)16(12-20(26)23-17)21(27)24-18-10-13(22)6-9-19(18)30-3/h6-12H,4-5H2,1-3H3,(H,23,26)(H,24,27). The van der Waals surface area contributed by atoms with E-state index in [1.807, 2.05) is 0 Å². The molecule has 0 spiro atoms. The van der Waals surface area contributed by atoms with Crippen molar-refractivity contribution in [2.24, 2.45) is 0 Å². The van der Waals surface area contributed by atoms with E-state index in [2.05, 4.69) is 10.3 Å². The van der Waals surface area contributed by atoms with Gasteiger partial charge in [-0.25, -0.2) is 8.42 Å². The van der Waals surface area contributed by atoms with Crippen LogP contribution in [-0.2, 0) is 10.0 Å². The minimum Gasteiger partial charge on any atom is -0.495 e. The van der Waals surface area contributed by atoms with Gasteiger partial charge in [0.2, 0.25) is 15.6 Å². The first kappa shape index (κ1) is 22.8. The summed E-state index contributed by atoms with van der Waals surface area (Å²) in [4.78, 5) is 27.8. The summed E-state index contributed by atoms with van der Waals surface area (Å²) in [5.41, 5.74) is 0.196. The second kappa shape index (κ2) is 9.09. The van der Waals surface area contributed by atoms with Gasteiger partial charge in [-0.05, 0) is 36.4 Å². The van der Waals surface area contributed by atoms with Gasteiger partial charge in [0.15, 0.2) is 0 Å². The summed E-state index contributed by atoms with van der Waals surface area (Å²) in [5, 5.41) is 3.37. The number of aromatic nitrogens is 1. The lowest BCUT2D eigenvalue weighted by Crippen LogP contribution is -2.30. The Morgan fingerprint density at radius 1 is 1.13 bits per heavy atom. The maximum Gasteiger partial charge on any atom is 0.256 e. The van der Waals surface area contributed by atoms with E-state index in [0.717, 1.165) is 6.07 Å². The van der Waals surface area contributed by atoms with Crippen LogP contribution in [0.15, 0.2) is 52.2 Å². The van der Waals surface area contributed by atoms with Crippen molar-refractivity contribution >= 4 is 44.1 Å². The number of amides is 1. The molecular formula is C21H22ClN3O5S. The van der Waals surface area contributed by atoms with Crippen LogP contribution < -0.4 is 15.6 Å². The molecule has 0 aliphatic heterocycles. The highest BCUT2D eigenvalue weighted by atomic mass is 35.5. The molecule has 0 aliphatic carbocycles. The highest BCUT2D eigenvalue weighted by Crippen LogP contribution is 2.29. The zero-order valence-corrected chi connectivity index (χ0v) is 18.8. The number of fused-ring (bicyclic) bond motifs is 1. The number of hydrogen-bond acceptors (Lipinski definition) is 5. The van der Waals surface area contributed by atoms with Gasteiger partial charge >= 0.3 is 0 Å². The van der Waals surface area contributed by atoms with Crippen molar-refractivity contribution in [3.05, 3.63) is 63.4 Å². The lowest BCUT2D eigenvalue weighted by molar-refractivity contribution is 0.102. The molecule has 0 aliphatic rings. The maximum atomic E-state index is 13.0. The Morgan fingerprint density at radius 2 is 1.84 bits per heavy atom. The number of carbonyl (C=O) groups excluding carboxylic acids is 1. The number of H-pyrrole nitrogens is 1. The van der Waals surface area contributed by atoms with Crippen LogP contribution in [0.25, 0.3) is 10.9 Å². The van der Waals surface area contributed by atoms with Crippen LogP contribution in [0.5, 0.6) is 5.75 Å². The predicted octanol–water partition coefficient (Wildman–Crippen LogP) is 3.47. The fraction of sp³-hybridized carbons (Fsp3) is 0.238. The molecule has 0 radical (unpaired) electrons. The molecule has 10 heteroatoms. The van der Waals surface area contributed by atoms with Crippen LogP contribution in [0.1, 0.15) is 24.2 Å². The first-order valence-electron chi connectivity index (χ1n) is 9.53. The van der Waals surface area contributed by atoms with Crippen LogP contribution in [0, 0.1) is 0 Å². The van der Waals surface area contributed by atoms with Crippen molar-refractivity contribution in [3.63, 3.8) is 0 Å². The van der Waals surface area contributed by atoms with Crippen molar-refractivity contribution in [3.8, 4) is 5.75 Å². The summed E-state index contributed by atoms with van der Waals surface area (Å²) in [5.74, 6) is -0.217. The summed E-state index contributed by atoms with van der Waals surface area (Å²) in [6, 6.07) is 10.1. The number of anilines is 1. The van der Waals surface area contributed by atoms with Crippen LogP contribution in [0.4, 0.5) is 5.69 Å². The van der Waals surface area contributed by atoms with Crippen LogP contribution >= 0.6 is 11.6 Å². The maximum absolute atomic E-state index is 13.0. The molecule has 164 valence electrons. The quantitative estimate of drug-likeness (QED) is 0.557. The fourth-order valence-electron chi connectivity index (χ4n) is 3.26. The van der Waals surface area contributed by atoms with Gasteiger partial charge in [0.05, 0.1) is 23.3 Å². The summed E-state index contributed by atoms with van der Waals surface area (Å²) in [6.45, 7) is 4.11. The van der Waals surface area contributed by atoms with Gasteiger partial charge < -0.3 is 15.0 Å². The monoisotopic (exact) mass is 463 g/mol. The smallest absolute Gasteiger partial charge is 0.256 e. The molecule has 3 aromatic rings. The van der Waals surface area contributed by atoms with Crippen molar-refractivity contribution in [1.82, 2.24) is 9.29 Å². The predicted molar refractivity (Wildman–Crippen MR) is 121 cm³/mol. The van der Waals surface area contributed by atoms with Gasteiger partial charge in [-0.1, -0.05) is 25.4 Å². The summed E-state index contributed by atoms with van der Waals surface area (Å²) >= 11 is 6.02. The third kappa shape index (κ3) is 4.58. The number of ether oxygens (including phenoxy) is 1. The Balaban J connectivity index is 2.13. The number of hydrogen-bond donors (Lipinski definition) is 2. The van der Waals surface area contributed by atoms with E-state index in [1.165, 1.54) is 35.7 Å². The number of carbonyl (C=O) groups is 1. The molecule has 2 aromatic carbocycles. The minimum atomic E-state index is -3.75. The van der Waals surface area contributed by atoms with E-state index in [4.69, 9.17) is 16.3 Å². The molecule has 0 saturated heterocycles. The van der Waals surface area contributed by atoms with Crippen molar-refractivity contribution in [2.75, 3.05) is 25.5 Å². The summed E-state index contributed by atoms with van der Waals surface area (Å²) < 4.78 is 32.4. The van der Waals surface area contributed by atoms with Gasteiger partial charge in [-0.15, -0.1) is 0 Å². The Labute approximate surface area is 184 Å². The zero-order valence-electron chi connectivity index (χ0n) is 17.2. The Bertz CT molecular complexity index is 1300. The molecule has 1 heterocycles. The number of methoxy groups -OCH3 is 1. The number of nitrogens with one attached hydrogen (secondary N) is 2. The molecular weight excluding hydrogens is 442 g/mol. The molecule has 3 rings (SSSR count). The Morgan fingerprint density at radius 3 is 2.48 bits per heavy atom. The van der Waals surface area contributed by atoms with E-state index >= 15 is 0 Å². The molecule has 8 nitrogen and oxygen atoms in total. The number of nitrogens with zero attached hydrogens (tertiary/aromatic N) is 1. The van der Waals surface area contributed by atoms with E-state index < -0.39 is 21.5 Å². The van der Waals surface area contributed by atoms with Crippen molar-refractivity contribution in [2.45, 2.75) is 18.7 Å². The molecule has 0 unspecified atom stereocenters. The van der Waals surface area contributed by atoms with Gasteiger partial charge in [0, 0.05) is 35.1 Å². The minimum absolute atomic E-state index is 0.0253. The summed E-state index contributed by atoms with van der Waals surface area (Å²) in [6.07, 6.45) is 0. The largest absolute Gasteiger partial charge is 0.495 e. The van der Waals surface area contributed by atoms with Crippen molar-refractivity contribution < 1.29 is 17.9 Å². The van der Waals surface area contributed by atoms with Crippen molar-refractivity contribution in [1.29, 1.82) is 0 Å². The van der Waals surface area contributed by atoms with Crippen LogP contribution in [0.2, 0.25) is 5.02 Å². The topological polar surface area (TPSA) is 109 Å².